The first-order valence-electron chi connectivity index (χ1n) is 4.76. The van der Waals surface area contributed by atoms with Gasteiger partial charge in [-0.3, -0.25) is 4.79 Å². The van der Waals surface area contributed by atoms with Crippen LogP contribution in [0.3, 0.4) is 0 Å². The second kappa shape index (κ2) is 5.01. The molecule has 0 unspecified atom stereocenters. The normalized spacial score (nSPS) is 10.5. The zero-order valence-electron chi connectivity index (χ0n) is 8.59. The van der Waals surface area contributed by atoms with Crippen LogP contribution in [-0.4, -0.2) is 17.4 Å². The Morgan fingerprint density at radius 3 is 2.53 bits per heavy atom. The number of benzene rings is 1. The highest BCUT2D eigenvalue weighted by molar-refractivity contribution is 7.11. The van der Waals surface area contributed by atoms with Crippen LogP contribution in [0.5, 0.6) is 0 Å². The number of alkyl halides is 2. The Balaban J connectivity index is 2.34. The summed E-state index contributed by atoms with van der Waals surface area (Å²) in [6.07, 6.45) is 1.41. The maximum Gasteiger partial charge on any atom is 0.321 e. The molecule has 1 aromatic carbocycles. The Labute approximate surface area is 100 Å². The number of thiazole rings is 1. The molecule has 0 bridgehead atoms. The molecule has 0 fully saturated rings. The minimum Gasteiger partial charge on any atom is -0.266 e. The monoisotopic (exact) mass is 254 g/mol. The van der Waals surface area contributed by atoms with Crippen molar-refractivity contribution >= 4 is 22.9 Å². The van der Waals surface area contributed by atoms with Gasteiger partial charge in [0.25, 0.3) is 5.91 Å². The van der Waals surface area contributed by atoms with E-state index in [9.17, 15) is 13.6 Å². The number of hydrogen-bond donors (Lipinski definition) is 0. The lowest BCUT2D eigenvalue weighted by Gasteiger charge is -2.20. The molecule has 0 atom stereocenters. The van der Waals surface area contributed by atoms with E-state index in [-0.39, 0.29) is 10.7 Å². The standard InChI is InChI=1S/C11H8F2N2OS/c12-11(13)15(8-4-2-1-3-5-8)10(16)9-14-6-7-17-9/h1-7,11H. The first kappa shape index (κ1) is 11.7. The average Bonchev–Trinajstić information content (AvgIpc) is 2.83. The van der Waals surface area contributed by atoms with Crippen molar-refractivity contribution in [2.45, 2.75) is 6.55 Å². The van der Waals surface area contributed by atoms with Crippen molar-refractivity contribution in [3.05, 3.63) is 46.9 Å². The molecular formula is C11H8F2N2OS. The summed E-state index contributed by atoms with van der Waals surface area (Å²) in [4.78, 5) is 16.0. The topological polar surface area (TPSA) is 33.2 Å². The van der Waals surface area contributed by atoms with Crippen LogP contribution in [0.2, 0.25) is 0 Å². The zero-order chi connectivity index (χ0) is 12.3. The number of halogens is 2. The van der Waals surface area contributed by atoms with E-state index in [0.717, 1.165) is 11.3 Å². The van der Waals surface area contributed by atoms with E-state index in [0.29, 0.717) is 4.90 Å². The van der Waals surface area contributed by atoms with Gasteiger partial charge in [-0.25, -0.2) is 9.88 Å². The third-order valence-corrected chi connectivity index (χ3v) is 2.82. The van der Waals surface area contributed by atoms with Crippen LogP contribution in [-0.2, 0) is 0 Å². The van der Waals surface area contributed by atoms with Crippen molar-refractivity contribution < 1.29 is 13.6 Å². The van der Waals surface area contributed by atoms with Crippen molar-refractivity contribution in [1.29, 1.82) is 0 Å². The van der Waals surface area contributed by atoms with Crippen LogP contribution in [0.1, 0.15) is 9.80 Å². The van der Waals surface area contributed by atoms with Crippen LogP contribution in [0, 0.1) is 0 Å². The number of amides is 1. The van der Waals surface area contributed by atoms with Gasteiger partial charge in [-0.2, -0.15) is 8.78 Å². The fourth-order valence-corrected chi connectivity index (χ4v) is 1.91. The van der Waals surface area contributed by atoms with Gasteiger partial charge in [0.05, 0.1) is 0 Å². The Bertz CT molecular complexity index is 487. The first-order valence-corrected chi connectivity index (χ1v) is 5.64. The highest BCUT2D eigenvalue weighted by atomic mass is 32.1. The molecule has 2 aromatic rings. The average molecular weight is 254 g/mol. The summed E-state index contributed by atoms with van der Waals surface area (Å²) >= 11 is 1.04. The van der Waals surface area contributed by atoms with Crippen molar-refractivity contribution in [3.8, 4) is 0 Å². The fraction of sp³-hybridized carbons (Fsp3) is 0.0909. The van der Waals surface area contributed by atoms with Gasteiger partial charge in [-0.05, 0) is 12.1 Å². The largest absolute Gasteiger partial charge is 0.321 e. The SMILES string of the molecule is O=C(c1nccs1)N(c1ccccc1)C(F)F. The number of carbonyl (C=O) groups is 1. The molecule has 1 amide bonds. The Kier molecular flexibility index (Phi) is 3.43. The summed E-state index contributed by atoms with van der Waals surface area (Å²) < 4.78 is 25.8. The van der Waals surface area contributed by atoms with E-state index in [1.807, 2.05) is 0 Å². The van der Waals surface area contributed by atoms with Gasteiger partial charge in [0.15, 0.2) is 5.01 Å². The van der Waals surface area contributed by atoms with Crippen LogP contribution in [0.4, 0.5) is 14.5 Å². The summed E-state index contributed by atoms with van der Waals surface area (Å²) in [6.45, 7) is -2.89. The molecule has 1 aromatic heterocycles. The van der Waals surface area contributed by atoms with Crippen LogP contribution < -0.4 is 4.90 Å². The second-order valence-corrected chi connectivity index (χ2v) is 4.02. The smallest absolute Gasteiger partial charge is 0.266 e. The summed E-state index contributed by atoms with van der Waals surface area (Å²) in [5.74, 6) is -0.791. The van der Waals surface area contributed by atoms with E-state index < -0.39 is 12.5 Å². The van der Waals surface area contributed by atoms with Gasteiger partial charge in [-0.1, -0.05) is 18.2 Å². The zero-order valence-corrected chi connectivity index (χ0v) is 9.40. The van der Waals surface area contributed by atoms with E-state index in [4.69, 9.17) is 0 Å². The lowest BCUT2D eigenvalue weighted by Crippen LogP contribution is -2.35. The van der Waals surface area contributed by atoms with Gasteiger partial charge < -0.3 is 0 Å². The lowest BCUT2D eigenvalue weighted by atomic mass is 10.3. The lowest BCUT2D eigenvalue weighted by molar-refractivity contribution is 0.0838. The number of anilines is 1. The number of para-hydroxylation sites is 1. The van der Waals surface area contributed by atoms with Crippen LogP contribution in [0.25, 0.3) is 0 Å². The summed E-state index contributed by atoms with van der Waals surface area (Å²) in [5, 5.41) is 1.62. The Morgan fingerprint density at radius 1 is 1.29 bits per heavy atom. The van der Waals surface area contributed by atoms with Gasteiger partial charge in [0, 0.05) is 17.3 Å². The van der Waals surface area contributed by atoms with Crippen molar-refractivity contribution in [3.63, 3.8) is 0 Å². The number of aromatic nitrogens is 1. The third kappa shape index (κ3) is 2.47. The quantitative estimate of drug-likeness (QED) is 0.789. The predicted octanol–water partition coefficient (Wildman–Crippen LogP) is 3.01. The molecule has 6 heteroatoms. The molecular weight excluding hydrogens is 246 g/mol. The maximum atomic E-state index is 12.9. The van der Waals surface area contributed by atoms with Gasteiger partial charge in [0.1, 0.15) is 0 Å². The molecule has 0 radical (unpaired) electrons. The molecule has 3 nitrogen and oxygen atoms in total. The minimum atomic E-state index is -2.89. The number of hydrogen-bond acceptors (Lipinski definition) is 3. The molecule has 0 saturated heterocycles. The van der Waals surface area contributed by atoms with Crippen LogP contribution in [0.15, 0.2) is 41.9 Å². The van der Waals surface area contributed by atoms with E-state index in [1.165, 1.54) is 18.3 Å². The molecule has 0 aliphatic carbocycles. The summed E-state index contributed by atoms with van der Waals surface area (Å²) in [5.41, 5.74) is 0.155. The highest BCUT2D eigenvalue weighted by Gasteiger charge is 2.27. The van der Waals surface area contributed by atoms with Crippen molar-refractivity contribution in [1.82, 2.24) is 4.98 Å². The molecule has 17 heavy (non-hydrogen) atoms. The number of carbonyl (C=O) groups excluding carboxylic acids is 1. The Hall–Kier alpha value is -1.82. The molecule has 0 spiro atoms. The molecule has 1 heterocycles. The Morgan fingerprint density at radius 2 is 2.00 bits per heavy atom. The third-order valence-electron chi connectivity index (χ3n) is 2.06. The van der Waals surface area contributed by atoms with Crippen molar-refractivity contribution in [2.24, 2.45) is 0 Å². The fourth-order valence-electron chi connectivity index (χ4n) is 1.34. The van der Waals surface area contributed by atoms with E-state index >= 15 is 0 Å². The number of nitrogens with zero attached hydrogens (tertiary/aromatic N) is 2. The molecule has 0 N–H and O–H groups in total. The molecule has 0 saturated carbocycles. The molecule has 88 valence electrons. The molecule has 0 aliphatic rings. The minimum absolute atomic E-state index is 0.0501. The first-order chi connectivity index (χ1) is 8.20. The van der Waals surface area contributed by atoms with E-state index in [1.54, 1.807) is 23.6 Å². The summed E-state index contributed by atoms with van der Waals surface area (Å²) in [7, 11) is 0. The second-order valence-electron chi connectivity index (χ2n) is 3.13. The summed E-state index contributed by atoms with van der Waals surface area (Å²) in [6, 6.07) is 7.80. The van der Waals surface area contributed by atoms with Gasteiger partial charge in [0.2, 0.25) is 0 Å². The van der Waals surface area contributed by atoms with Gasteiger partial charge in [-0.15, -0.1) is 11.3 Å². The predicted molar refractivity (Wildman–Crippen MR) is 61.4 cm³/mol. The van der Waals surface area contributed by atoms with E-state index in [2.05, 4.69) is 4.98 Å². The number of rotatable bonds is 3. The van der Waals surface area contributed by atoms with Crippen molar-refractivity contribution in [2.75, 3.05) is 4.90 Å². The van der Waals surface area contributed by atoms with Crippen LogP contribution >= 0.6 is 11.3 Å². The highest BCUT2D eigenvalue weighted by Crippen LogP contribution is 2.21. The molecule has 2 rings (SSSR count). The van der Waals surface area contributed by atoms with Gasteiger partial charge >= 0.3 is 6.55 Å². The molecule has 0 aliphatic heterocycles. The maximum absolute atomic E-state index is 12.9.